The second-order valence-electron chi connectivity index (χ2n) is 2.32. The summed E-state index contributed by atoms with van der Waals surface area (Å²) in [6.07, 6.45) is 1.33. The van der Waals surface area contributed by atoms with Gasteiger partial charge in [0.05, 0.1) is 0 Å². The number of carbonyl (C=O) groups excluding carboxylic acids is 1. The summed E-state index contributed by atoms with van der Waals surface area (Å²) in [6.45, 7) is 0. The van der Waals surface area contributed by atoms with E-state index in [0.29, 0.717) is 18.6 Å². The van der Waals surface area contributed by atoms with Crippen LogP contribution in [0.15, 0.2) is 0 Å². The largest absolute Gasteiger partial charge is 0.359 e. The highest BCUT2D eigenvalue weighted by Gasteiger charge is 2.28. The third-order valence-electron chi connectivity index (χ3n) is 1.60. The zero-order valence-corrected chi connectivity index (χ0v) is 5.40. The number of nitrogens with one attached hydrogen (secondary N) is 2. The summed E-state index contributed by atoms with van der Waals surface area (Å²) >= 11 is 0. The molecule has 0 spiro atoms. The summed E-state index contributed by atoms with van der Waals surface area (Å²) in [7, 11) is 1.63. The Morgan fingerprint density at radius 1 is 1.78 bits per heavy atom. The predicted octanol–water partition coefficient (Wildman–Crippen LogP) is 0.162. The van der Waals surface area contributed by atoms with Gasteiger partial charge in [0.25, 0.3) is 0 Å². The zero-order valence-electron chi connectivity index (χ0n) is 5.40. The summed E-state index contributed by atoms with van der Waals surface area (Å²) in [5, 5.41) is 9.60. The van der Waals surface area contributed by atoms with Crippen molar-refractivity contribution >= 4 is 11.6 Å². The van der Waals surface area contributed by atoms with Crippen molar-refractivity contribution in [1.82, 2.24) is 5.32 Å². The lowest BCUT2D eigenvalue weighted by Gasteiger charge is -2.24. The first-order valence-electron chi connectivity index (χ1n) is 3.02. The third kappa shape index (κ3) is 1.09. The lowest BCUT2D eigenvalue weighted by molar-refractivity contribution is -0.124. The molecular formula is C6H10N2O. The average Bonchev–Trinajstić information content (AvgIpc) is 1.79. The SMILES string of the molecule is CNC(=O)C1CC(=N)C1. The molecule has 0 aromatic rings. The van der Waals surface area contributed by atoms with Crippen LogP contribution in [0.2, 0.25) is 0 Å². The Hall–Kier alpha value is -0.860. The Bertz CT molecular complexity index is 145. The fraction of sp³-hybridized carbons (Fsp3) is 0.667. The molecule has 1 aliphatic carbocycles. The fourth-order valence-corrected chi connectivity index (χ4v) is 0.925. The Labute approximate surface area is 54.0 Å². The van der Waals surface area contributed by atoms with E-state index in [-0.39, 0.29) is 11.8 Å². The minimum absolute atomic E-state index is 0.0750. The lowest BCUT2D eigenvalue weighted by Crippen LogP contribution is -2.36. The van der Waals surface area contributed by atoms with E-state index in [2.05, 4.69) is 5.32 Å². The molecule has 3 nitrogen and oxygen atoms in total. The van der Waals surface area contributed by atoms with E-state index in [1.807, 2.05) is 0 Å². The van der Waals surface area contributed by atoms with E-state index in [9.17, 15) is 4.79 Å². The predicted molar refractivity (Wildman–Crippen MR) is 34.5 cm³/mol. The molecular weight excluding hydrogens is 116 g/mol. The fourth-order valence-electron chi connectivity index (χ4n) is 0.925. The van der Waals surface area contributed by atoms with Gasteiger partial charge in [-0.3, -0.25) is 4.79 Å². The van der Waals surface area contributed by atoms with E-state index in [0.717, 1.165) is 0 Å². The minimum Gasteiger partial charge on any atom is -0.359 e. The maximum atomic E-state index is 10.7. The van der Waals surface area contributed by atoms with Gasteiger partial charge in [-0.15, -0.1) is 0 Å². The van der Waals surface area contributed by atoms with E-state index in [1.165, 1.54) is 0 Å². The van der Waals surface area contributed by atoms with Gasteiger partial charge >= 0.3 is 0 Å². The van der Waals surface area contributed by atoms with Crippen molar-refractivity contribution in [3.05, 3.63) is 0 Å². The highest BCUT2D eigenvalue weighted by Crippen LogP contribution is 2.22. The monoisotopic (exact) mass is 126 g/mol. The van der Waals surface area contributed by atoms with Gasteiger partial charge in [0.15, 0.2) is 0 Å². The molecule has 0 aromatic carbocycles. The molecule has 0 heterocycles. The highest BCUT2D eigenvalue weighted by atomic mass is 16.1. The molecule has 0 aliphatic heterocycles. The second kappa shape index (κ2) is 2.17. The molecule has 1 saturated carbocycles. The normalized spacial score (nSPS) is 25.0. The summed E-state index contributed by atoms with van der Waals surface area (Å²) < 4.78 is 0. The number of rotatable bonds is 1. The molecule has 1 fully saturated rings. The van der Waals surface area contributed by atoms with Gasteiger partial charge in [-0.05, 0) is 12.8 Å². The minimum atomic E-state index is 0.0750. The van der Waals surface area contributed by atoms with Crippen LogP contribution >= 0.6 is 0 Å². The Balaban J connectivity index is 2.31. The summed E-state index contributed by atoms with van der Waals surface area (Å²) in [5.41, 5.74) is 0.698. The van der Waals surface area contributed by atoms with Crippen molar-refractivity contribution in [1.29, 1.82) is 5.41 Å². The molecule has 3 heteroatoms. The Kier molecular flexibility index (Phi) is 1.51. The van der Waals surface area contributed by atoms with E-state index >= 15 is 0 Å². The number of hydrogen-bond donors (Lipinski definition) is 2. The first kappa shape index (κ1) is 6.26. The van der Waals surface area contributed by atoms with Crippen LogP contribution in [-0.4, -0.2) is 18.7 Å². The Morgan fingerprint density at radius 2 is 2.33 bits per heavy atom. The van der Waals surface area contributed by atoms with Crippen LogP contribution in [0.25, 0.3) is 0 Å². The van der Waals surface area contributed by atoms with Gasteiger partial charge in [0, 0.05) is 18.7 Å². The standard InChI is InChI=1S/C6H10N2O/c1-8-6(9)4-2-5(7)3-4/h4,7H,2-3H2,1H3,(H,8,9). The second-order valence-corrected chi connectivity index (χ2v) is 2.32. The van der Waals surface area contributed by atoms with Crippen LogP contribution in [0.5, 0.6) is 0 Å². The molecule has 0 unspecified atom stereocenters. The van der Waals surface area contributed by atoms with E-state index in [4.69, 9.17) is 5.41 Å². The maximum Gasteiger partial charge on any atom is 0.223 e. The van der Waals surface area contributed by atoms with E-state index < -0.39 is 0 Å². The summed E-state index contributed by atoms with van der Waals surface area (Å²) in [6, 6.07) is 0. The smallest absolute Gasteiger partial charge is 0.223 e. The molecule has 0 aromatic heterocycles. The van der Waals surface area contributed by atoms with Gasteiger partial charge in [-0.1, -0.05) is 0 Å². The van der Waals surface area contributed by atoms with Crippen molar-refractivity contribution in [3.8, 4) is 0 Å². The maximum absolute atomic E-state index is 10.7. The van der Waals surface area contributed by atoms with Gasteiger partial charge in [-0.25, -0.2) is 0 Å². The van der Waals surface area contributed by atoms with Crippen molar-refractivity contribution in [3.63, 3.8) is 0 Å². The quantitative estimate of drug-likeness (QED) is 0.516. The topological polar surface area (TPSA) is 53.0 Å². The van der Waals surface area contributed by atoms with Crippen molar-refractivity contribution in [2.24, 2.45) is 5.92 Å². The van der Waals surface area contributed by atoms with Gasteiger partial charge in [-0.2, -0.15) is 0 Å². The number of amides is 1. The molecule has 0 radical (unpaired) electrons. The zero-order chi connectivity index (χ0) is 6.85. The van der Waals surface area contributed by atoms with Crippen LogP contribution < -0.4 is 5.32 Å². The third-order valence-corrected chi connectivity index (χ3v) is 1.60. The molecule has 9 heavy (non-hydrogen) atoms. The lowest BCUT2D eigenvalue weighted by atomic mass is 9.83. The number of carbonyl (C=O) groups is 1. The average molecular weight is 126 g/mol. The van der Waals surface area contributed by atoms with E-state index in [1.54, 1.807) is 7.05 Å². The molecule has 1 aliphatic rings. The molecule has 0 bridgehead atoms. The summed E-state index contributed by atoms with van der Waals surface area (Å²) in [4.78, 5) is 10.7. The van der Waals surface area contributed by atoms with Crippen LogP contribution in [0.4, 0.5) is 0 Å². The summed E-state index contributed by atoms with van der Waals surface area (Å²) in [5.74, 6) is 0.175. The molecule has 0 saturated heterocycles. The first-order chi connectivity index (χ1) is 4.24. The molecule has 2 N–H and O–H groups in total. The molecule has 1 amide bonds. The van der Waals surface area contributed by atoms with Gasteiger partial charge in [0.1, 0.15) is 0 Å². The highest BCUT2D eigenvalue weighted by molar-refractivity contribution is 5.97. The molecule has 0 atom stereocenters. The Morgan fingerprint density at radius 3 is 2.67 bits per heavy atom. The molecule has 1 rings (SSSR count). The van der Waals surface area contributed by atoms with Crippen molar-refractivity contribution < 1.29 is 4.79 Å². The van der Waals surface area contributed by atoms with Crippen LogP contribution in [-0.2, 0) is 4.79 Å². The van der Waals surface area contributed by atoms with Crippen LogP contribution in [0, 0.1) is 11.3 Å². The number of hydrogen-bond acceptors (Lipinski definition) is 2. The van der Waals surface area contributed by atoms with Crippen LogP contribution in [0.1, 0.15) is 12.8 Å². The van der Waals surface area contributed by atoms with Crippen molar-refractivity contribution in [2.45, 2.75) is 12.8 Å². The van der Waals surface area contributed by atoms with Crippen LogP contribution in [0.3, 0.4) is 0 Å². The van der Waals surface area contributed by atoms with Crippen molar-refractivity contribution in [2.75, 3.05) is 7.05 Å². The molecule has 50 valence electrons. The van der Waals surface area contributed by atoms with Gasteiger partial charge in [0.2, 0.25) is 5.91 Å². The first-order valence-corrected chi connectivity index (χ1v) is 3.02. The van der Waals surface area contributed by atoms with Gasteiger partial charge < -0.3 is 10.7 Å².